The van der Waals surface area contributed by atoms with Crippen LogP contribution in [0.1, 0.15) is 48.9 Å². The van der Waals surface area contributed by atoms with Crippen molar-refractivity contribution in [3.05, 3.63) is 34.9 Å². The van der Waals surface area contributed by atoms with E-state index in [1.165, 1.54) is 6.42 Å². The number of benzene rings is 1. The van der Waals surface area contributed by atoms with Gasteiger partial charge in [-0.25, -0.2) is 0 Å². The van der Waals surface area contributed by atoms with E-state index < -0.39 is 0 Å². The molecule has 0 aromatic heterocycles. The minimum atomic E-state index is -0.0623. The smallest absolute Gasteiger partial charge is 0.220 e. The minimum absolute atomic E-state index is 0. The van der Waals surface area contributed by atoms with Gasteiger partial charge in [0.2, 0.25) is 5.91 Å². The molecule has 3 N–H and O–H groups in total. The van der Waals surface area contributed by atoms with Crippen LogP contribution in [0.4, 0.5) is 0 Å². The van der Waals surface area contributed by atoms with Gasteiger partial charge >= 0.3 is 0 Å². The zero-order valence-electron chi connectivity index (χ0n) is 13.1. The number of halogens is 2. The number of amides is 1. The lowest BCUT2D eigenvalue weighted by atomic mass is 9.84. The van der Waals surface area contributed by atoms with Crippen LogP contribution >= 0.6 is 24.0 Å². The van der Waals surface area contributed by atoms with Crippen molar-refractivity contribution in [3.8, 4) is 0 Å². The Morgan fingerprint density at radius 2 is 1.78 bits per heavy atom. The fourth-order valence-corrected chi connectivity index (χ4v) is 3.09. The van der Waals surface area contributed by atoms with E-state index in [9.17, 15) is 9.59 Å². The maximum Gasteiger partial charge on any atom is 0.220 e. The van der Waals surface area contributed by atoms with Crippen LogP contribution in [0.2, 0.25) is 5.02 Å². The maximum atomic E-state index is 12.0. The van der Waals surface area contributed by atoms with Gasteiger partial charge in [0.15, 0.2) is 5.78 Å². The van der Waals surface area contributed by atoms with Crippen LogP contribution in [0.5, 0.6) is 0 Å². The molecule has 1 aliphatic rings. The van der Waals surface area contributed by atoms with Crippen molar-refractivity contribution in [1.82, 2.24) is 5.32 Å². The summed E-state index contributed by atoms with van der Waals surface area (Å²) in [4.78, 5) is 24.1. The lowest BCUT2D eigenvalue weighted by Crippen LogP contribution is -2.44. The third-order valence-electron chi connectivity index (χ3n) is 4.30. The molecular formula is C17H24Cl2N2O2. The van der Waals surface area contributed by atoms with Crippen LogP contribution in [-0.2, 0) is 4.79 Å². The summed E-state index contributed by atoms with van der Waals surface area (Å²) in [5.74, 6) is 0.267. The molecule has 1 aromatic rings. The lowest BCUT2D eigenvalue weighted by Gasteiger charge is -2.31. The van der Waals surface area contributed by atoms with Crippen LogP contribution in [0.15, 0.2) is 24.3 Å². The normalized spacial score (nSPS) is 20.4. The summed E-state index contributed by atoms with van der Waals surface area (Å²) in [6, 6.07) is 6.91. The number of nitrogens with two attached hydrogens (primary N) is 1. The summed E-state index contributed by atoms with van der Waals surface area (Å²) >= 11 is 5.79. The highest BCUT2D eigenvalue weighted by Crippen LogP contribution is 2.23. The van der Waals surface area contributed by atoms with Crippen molar-refractivity contribution in [1.29, 1.82) is 0 Å². The Hall–Kier alpha value is -1.10. The highest BCUT2D eigenvalue weighted by molar-refractivity contribution is 6.30. The predicted octanol–water partition coefficient (Wildman–Crippen LogP) is 3.36. The summed E-state index contributed by atoms with van der Waals surface area (Å²) in [5.41, 5.74) is 6.36. The van der Waals surface area contributed by atoms with Crippen molar-refractivity contribution in [2.24, 2.45) is 11.7 Å². The van der Waals surface area contributed by atoms with E-state index in [0.29, 0.717) is 23.0 Å². The van der Waals surface area contributed by atoms with Crippen LogP contribution in [-0.4, -0.2) is 24.3 Å². The molecule has 1 fully saturated rings. The second kappa shape index (κ2) is 9.91. The van der Waals surface area contributed by atoms with Gasteiger partial charge in [0.05, 0.1) is 0 Å². The fraction of sp³-hybridized carbons (Fsp3) is 0.529. The van der Waals surface area contributed by atoms with Gasteiger partial charge in [-0.3, -0.25) is 9.59 Å². The predicted molar refractivity (Wildman–Crippen MR) is 95.2 cm³/mol. The number of Topliss-reactive ketones (excluding diaryl/α,β-unsaturated/α-hetero) is 1. The molecule has 2 rings (SSSR count). The largest absolute Gasteiger partial charge is 0.353 e. The van der Waals surface area contributed by atoms with Crippen LogP contribution < -0.4 is 11.1 Å². The average Bonchev–Trinajstić information content (AvgIpc) is 2.54. The van der Waals surface area contributed by atoms with E-state index in [1.54, 1.807) is 24.3 Å². The van der Waals surface area contributed by atoms with Gasteiger partial charge < -0.3 is 11.1 Å². The summed E-state index contributed by atoms with van der Waals surface area (Å²) in [5, 5.41) is 3.64. The summed E-state index contributed by atoms with van der Waals surface area (Å²) in [6.07, 6.45) is 4.81. The topological polar surface area (TPSA) is 72.2 Å². The SMILES string of the molecule is Cl.NCC1CCCCC1NC(=O)CCC(=O)c1ccc(Cl)cc1. The number of rotatable bonds is 6. The monoisotopic (exact) mass is 358 g/mol. The Labute approximate surface area is 148 Å². The van der Waals surface area contributed by atoms with Gasteiger partial charge in [0.1, 0.15) is 0 Å². The Balaban J connectivity index is 0.00000264. The van der Waals surface area contributed by atoms with E-state index in [2.05, 4.69) is 5.32 Å². The molecule has 6 heteroatoms. The summed E-state index contributed by atoms with van der Waals surface area (Å²) < 4.78 is 0. The Morgan fingerprint density at radius 1 is 1.13 bits per heavy atom. The van der Waals surface area contributed by atoms with Gasteiger partial charge in [0, 0.05) is 29.5 Å². The lowest BCUT2D eigenvalue weighted by molar-refractivity contribution is -0.122. The molecular weight excluding hydrogens is 335 g/mol. The second-order valence-electron chi connectivity index (χ2n) is 5.88. The molecule has 0 bridgehead atoms. The molecule has 2 atom stereocenters. The Kier molecular flexibility index (Phi) is 8.59. The van der Waals surface area contributed by atoms with Gasteiger partial charge in [-0.2, -0.15) is 0 Å². The van der Waals surface area contributed by atoms with Crippen LogP contribution in [0, 0.1) is 5.92 Å². The van der Waals surface area contributed by atoms with E-state index >= 15 is 0 Å². The first kappa shape index (κ1) is 19.9. The van der Waals surface area contributed by atoms with Gasteiger partial charge in [-0.1, -0.05) is 24.4 Å². The van der Waals surface area contributed by atoms with Crippen molar-refractivity contribution in [3.63, 3.8) is 0 Å². The number of hydrogen-bond acceptors (Lipinski definition) is 3. The second-order valence-corrected chi connectivity index (χ2v) is 6.32. The highest BCUT2D eigenvalue weighted by atomic mass is 35.5. The molecule has 0 heterocycles. The van der Waals surface area contributed by atoms with Crippen molar-refractivity contribution in [2.45, 2.75) is 44.6 Å². The molecule has 23 heavy (non-hydrogen) atoms. The summed E-state index contributed by atoms with van der Waals surface area (Å²) in [7, 11) is 0. The molecule has 2 unspecified atom stereocenters. The highest BCUT2D eigenvalue weighted by Gasteiger charge is 2.25. The third-order valence-corrected chi connectivity index (χ3v) is 4.56. The first-order valence-electron chi connectivity index (χ1n) is 7.88. The molecule has 4 nitrogen and oxygen atoms in total. The standard InChI is InChI=1S/C17H23ClN2O2.ClH/c18-14-7-5-12(6-8-14)16(21)9-10-17(22)20-15-4-2-1-3-13(15)11-19;/h5-8,13,15H,1-4,9-11,19H2,(H,20,22);1H. The Bertz CT molecular complexity index is 520. The molecule has 1 aromatic carbocycles. The number of carbonyl (C=O) groups is 2. The number of ketones is 1. The molecule has 0 saturated heterocycles. The first-order valence-corrected chi connectivity index (χ1v) is 8.26. The van der Waals surface area contributed by atoms with Crippen LogP contribution in [0.25, 0.3) is 0 Å². The average molecular weight is 359 g/mol. The number of hydrogen-bond donors (Lipinski definition) is 2. The van der Waals surface area contributed by atoms with Crippen LogP contribution in [0.3, 0.4) is 0 Å². The molecule has 0 radical (unpaired) electrons. The van der Waals surface area contributed by atoms with E-state index in [0.717, 1.165) is 19.3 Å². The number of carbonyl (C=O) groups excluding carboxylic acids is 2. The van der Waals surface area contributed by atoms with E-state index in [1.807, 2.05) is 0 Å². The van der Waals surface area contributed by atoms with Crippen molar-refractivity contribution < 1.29 is 9.59 Å². The number of nitrogens with one attached hydrogen (secondary N) is 1. The fourth-order valence-electron chi connectivity index (χ4n) is 2.97. The van der Waals surface area contributed by atoms with Gasteiger partial charge in [0.25, 0.3) is 0 Å². The molecule has 0 spiro atoms. The third kappa shape index (κ3) is 6.13. The summed E-state index contributed by atoms with van der Waals surface area (Å²) in [6.45, 7) is 0.606. The maximum absolute atomic E-state index is 12.0. The first-order chi connectivity index (χ1) is 10.6. The molecule has 1 amide bonds. The van der Waals surface area contributed by atoms with Crippen molar-refractivity contribution >= 4 is 35.7 Å². The molecule has 0 aliphatic heterocycles. The quantitative estimate of drug-likeness (QED) is 0.765. The Morgan fingerprint density at radius 3 is 2.43 bits per heavy atom. The zero-order chi connectivity index (χ0) is 15.9. The molecule has 128 valence electrons. The minimum Gasteiger partial charge on any atom is -0.353 e. The van der Waals surface area contributed by atoms with E-state index in [4.69, 9.17) is 17.3 Å². The van der Waals surface area contributed by atoms with E-state index in [-0.39, 0.29) is 43.0 Å². The molecule has 1 saturated carbocycles. The molecule has 1 aliphatic carbocycles. The van der Waals surface area contributed by atoms with Gasteiger partial charge in [-0.15, -0.1) is 12.4 Å². The van der Waals surface area contributed by atoms with Crippen molar-refractivity contribution in [2.75, 3.05) is 6.54 Å². The zero-order valence-corrected chi connectivity index (χ0v) is 14.7. The van der Waals surface area contributed by atoms with Gasteiger partial charge in [-0.05, 0) is 49.6 Å².